The summed E-state index contributed by atoms with van der Waals surface area (Å²) < 4.78 is 0. The summed E-state index contributed by atoms with van der Waals surface area (Å²) in [5.74, 6) is -0.00538. The Morgan fingerprint density at radius 3 is 2.29 bits per heavy atom. The average Bonchev–Trinajstić information content (AvgIpc) is 2.67. The molecule has 1 aromatic carbocycles. The fourth-order valence-corrected chi connectivity index (χ4v) is 3.39. The molecule has 1 atom stereocenters. The molecule has 0 aromatic heterocycles. The molecule has 7 heteroatoms. The van der Waals surface area contributed by atoms with Gasteiger partial charge in [0.1, 0.15) is 6.04 Å². The second kappa shape index (κ2) is 10.2. The standard InChI is InChI=1S/C21H32N4O3/c1-15(2)13-18(23-20(27)17-8-6-5-7-16(17)3)21(28)25-11-9-24(10-12-25)14-19(26)22-4/h5-8,15,18H,9-14H2,1-4H3,(H,22,26)(H,23,27). The summed E-state index contributed by atoms with van der Waals surface area (Å²) >= 11 is 0. The van der Waals surface area contributed by atoms with Crippen molar-refractivity contribution < 1.29 is 14.4 Å². The highest BCUT2D eigenvalue weighted by Gasteiger charge is 2.30. The zero-order valence-corrected chi connectivity index (χ0v) is 17.3. The molecule has 0 saturated carbocycles. The normalized spacial score (nSPS) is 16.0. The molecule has 3 amide bonds. The van der Waals surface area contributed by atoms with Crippen molar-refractivity contribution in [3.63, 3.8) is 0 Å². The van der Waals surface area contributed by atoms with E-state index >= 15 is 0 Å². The Balaban J connectivity index is 2.01. The third kappa shape index (κ3) is 6.05. The van der Waals surface area contributed by atoms with Crippen molar-refractivity contribution in [3.05, 3.63) is 35.4 Å². The van der Waals surface area contributed by atoms with Crippen LogP contribution in [0.5, 0.6) is 0 Å². The number of carbonyl (C=O) groups is 3. The molecule has 2 rings (SSSR count). The van der Waals surface area contributed by atoms with Crippen molar-refractivity contribution in [2.24, 2.45) is 5.92 Å². The summed E-state index contributed by atoms with van der Waals surface area (Å²) in [6.45, 7) is 8.74. The molecule has 1 aliphatic rings. The number of aryl methyl sites for hydroxylation is 1. The van der Waals surface area contributed by atoms with Crippen molar-refractivity contribution >= 4 is 17.7 Å². The first-order valence-electron chi connectivity index (χ1n) is 9.90. The molecule has 1 unspecified atom stereocenters. The highest BCUT2D eigenvalue weighted by Crippen LogP contribution is 2.13. The van der Waals surface area contributed by atoms with Crippen LogP contribution in [-0.2, 0) is 9.59 Å². The molecule has 1 fully saturated rings. The smallest absolute Gasteiger partial charge is 0.252 e. The maximum atomic E-state index is 13.1. The molecule has 0 radical (unpaired) electrons. The first-order valence-corrected chi connectivity index (χ1v) is 9.90. The monoisotopic (exact) mass is 388 g/mol. The molecule has 1 heterocycles. The molecular weight excluding hydrogens is 356 g/mol. The number of rotatable bonds is 7. The van der Waals surface area contributed by atoms with Gasteiger partial charge in [-0.05, 0) is 30.9 Å². The summed E-state index contributed by atoms with van der Waals surface area (Å²) in [7, 11) is 1.62. The van der Waals surface area contributed by atoms with Crippen molar-refractivity contribution in [2.45, 2.75) is 33.2 Å². The number of hydrogen-bond acceptors (Lipinski definition) is 4. The van der Waals surface area contributed by atoms with Crippen molar-refractivity contribution in [1.82, 2.24) is 20.4 Å². The number of nitrogens with zero attached hydrogens (tertiary/aromatic N) is 2. The average molecular weight is 389 g/mol. The van der Waals surface area contributed by atoms with Gasteiger partial charge >= 0.3 is 0 Å². The van der Waals surface area contributed by atoms with E-state index in [0.29, 0.717) is 44.7 Å². The fraction of sp³-hybridized carbons (Fsp3) is 0.571. The van der Waals surface area contributed by atoms with E-state index in [2.05, 4.69) is 10.6 Å². The molecule has 154 valence electrons. The highest BCUT2D eigenvalue weighted by molar-refractivity contribution is 5.98. The molecule has 2 N–H and O–H groups in total. The van der Waals surface area contributed by atoms with Crippen LogP contribution >= 0.6 is 0 Å². The van der Waals surface area contributed by atoms with E-state index in [1.54, 1.807) is 18.0 Å². The Bertz CT molecular complexity index is 697. The predicted molar refractivity (Wildman–Crippen MR) is 109 cm³/mol. The fourth-order valence-electron chi connectivity index (χ4n) is 3.39. The first kappa shape index (κ1) is 21.9. The maximum Gasteiger partial charge on any atom is 0.252 e. The number of nitrogens with one attached hydrogen (secondary N) is 2. The van der Waals surface area contributed by atoms with Gasteiger partial charge in [-0.25, -0.2) is 0 Å². The number of amides is 3. The summed E-state index contributed by atoms with van der Waals surface area (Å²) in [5.41, 5.74) is 1.48. The zero-order chi connectivity index (χ0) is 20.7. The lowest BCUT2D eigenvalue weighted by atomic mass is 10.0. The lowest BCUT2D eigenvalue weighted by Crippen LogP contribution is -2.56. The van der Waals surface area contributed by atoms with Gasteiger partial charge in [-0.3, -0.25) is 19.3 Å². The number of benzene rings is 1. The zero-order valence-electron chi connectivity index (χ0n) is 17.3. The molecular formula is C21H32N4O3. The van der Waals surface area contributed by atoms with Crippen molar-refractivity contribution in [1.29, 1.82) is 0 Å². The quantitative estimate of drug-likeness (QED) is 0.731. The number of hydrogen-bond donors (Lipinski definition) is 2. The van der Waals surface area contributed by atoms with E-state index in [1.165, 1.54) is 0 Å². The molecule has 7 nitrogen and oxygen atoms in total. The van der Waals surface area contributed by atoms with E-state index in [9.17, 15) is 14.4 Å². The number of carbonyl (C=O) groups excluding carboxylic acids is 3. The van der Waals surface area contributed by atoms with Gasteiger partial charge in [-0.1, -0.05) is 32.0 Å². The second-order valence-electron chi connectivity index (χ2n) is 7.75. The van der Waals surface area contributed by atoms with Crippen LogP contribution in [0.2, 0.25) is 0 Å². The second-order valence-corrected chi connectivity index (χ2v) is 7.75. The third-order valence-corrected chi connectivity index (χ3v) is 5.03. The summed E-state index contributed by atoms with van der Waals surface area (Å²) in [6, 6.07) is 6.84. The topological polar surface area (TPSA) is 81.8 Å². The van der Waals surface area contributed by atoms with Gasteiger partial charge in [0, 0.05) is 38.8 Å². The highest BCUT2D eigenvalue weighted by atomic mass is 16.2. The van der Waals surface area contributed by atoms with Crippen LogP contribution < -0.4 is 10.6 Å². The predicted octanol–water partition coefficient (Wildman–Crippen LogP) is 1.03. The maximum absolute atomic E-state index is 13.1. The third-order valence-electron chi connectivity index (χ3n) is 5.03. The minimum absolute atomic E-state index is 0.0250. The van der Waals surface area contributed by atoms with Gasteiger partial charge in [-0.2, -0.15) is 0 Å². The number of piperazine rings is 1. The van der Waals surface area contributed by atoms with E-state index in [-0.39, 0.29) is 23.6 Å². The van der Waals surface area contributed by atoms with Gasteiger partial charge < -0.3 is 15.5 Å². The Hall–Kier alpha value is -2.41. The van der Waals surface area contributed by atoms with E-state index in [0.717, 1.165) is 5.56 Å². The van der Waals surface area contributed by atoms with Gasteiger partial charge in [0.15, 0.2) is 0 Å². The molecule has 0 spiro atoms. The summed E-state index contributed by atoms with van der Waals surface area (Å²) in [5, 5.41) is 5.57. The van der Waals surface area contributed by atoms with E-state index in [1.807, 2.05) is 43.9 Å². The Morgan fingerprint density at radius 1 is 1.07 bits per heavy atom. The van der Waals surface area contributed by atoms with Gasteiger partial charge in [0.2, 0.25) is 11.8 Å². The van der Waals surface area contributed by atoms with Crippen LogP contribution in [0.15, 0.2) is 24.3 Å². The van der Waals surface area contributed by atoms with Gasteiger partial charge in [0.25, 0.3) is 5.91 Å². The van der Waals surface area contributed by atoms with E-state index < -0.39 is 6.04 Å². The molecule has 1 saturated heterocycles. The van der Waals surface area contributed by atoms with Crippen LogP contribution in [-0.4, -0.2) is 73.3 Å². The molecule has 0 bridgehead atoms. The largest absolute Gasteiger partial charge is 0.358 e. The minimum atomic E-state index is -0.544. The Kier molecular flexibility index (Phi) is 7.99. The SMILES string of the molecule is CNC(=O)CN1CCN(C(=O)C(CC(C)C)NC(=O)c2ccccc2C)CC1. The van der Waals surface area contributed by atoms with Gasteiger partial charge in [-0.15, -0.1) is 0 Å². The summed E-state index contributed by atoms with van der Waals surface area (Å²) in [6.07, 6.45) is 0.592. The van der Waals surface area contributed by atoms with Crippen molar-refractivity contribution in [3.8, 4) is 0 Å². The molecule has 28 heavy (non-hydrogen) atoms. The lowest BCUT2D eigenvalue weighted by molar-refractivity contribution is -0.135. The van der Waals surface area contributed by atoms with Crippen LogP contribution in [0.4, 0.5) is 0 Å². The Morgan fingerprint density at radius 2 is 1.71 bits per heavy atom. The van der Waals surface area contributed by atoms with Gasteiger partial charge in [0.05, 0.1) is 6.54 Å². The lowest BCUT2D eigenvalue weighted by Gasteiger charge is -2.36. The Labute approximate surface area is 167 Å². The van der Waals surface area contributed by atoms with Crippen LogP contribution in [0.1, 0.15) is 36.2 Å². The number of likely N-dealkylation sites (N-methyl/N-ethyl adjacent to an activating group) is 1. The van der Waals surface area contributed by atoms with Crippen molar-refractivity contribution in [2.75, 3.05) is 39.8 Å². The van der Waals surface area contributed by atoms with E-state index in [4.69, 9.17) is 0 Å². The van der Waals surface area contributed by atoms with Crippen LogP contribution in [0.3, 0.4) is 0 Å². The molecule has 1 aromatic rings. The molecule has 1 aliphatic heterocycles. The van der Waals surface area contributed by atoms with Crippen LogP contribution in [0.25, 0.3) is 0 Å². The summed E-state index contributed by atoms with van der Waals surface area (Å²) in [4.78, 5) is 41.2. The first-order chi connectivity index (χ1) is 13.3. The molecule has 0 aliphatic carbocycles. The minimum Gasteiger partial charge on any atom is -0.358 e. The van der Waals surface area contributed by atoms with Crippen LogP contribution in [0, 0.1) is 12.8 Å².